The fourth-order valence-corrected chi connectivity index (χ4v) is 3.04. The zero-order chi connectivity index (χ0) is 16.1. The monoisotopic (exact) mass is 352 g/mol. The molecule has 1 aromatic heterocycles. The number of hydrogen-bond acceptors (Lipinski definition) is 8. The quantitative estimate of drug-likeness (QED) is 0.614. The van der Waals surface area contributed by atoms with Gasteiger partial charge in [-0.3, -0.25) is 20.4 Å². The third kappa shape index (κ3) is 4.11. The molecule has 23 heavy (non-hydrogen) atoms. The topological polar surface area (TPSA) is 102 Å². The third-order valence-corrected chi connectivity index (χ3v) is 4.65. The lowest BCUT2D eigenvalue weighted by atomic mass is 10.2. The molecule has 1 aliphatic rings. The van der Waals surface area contributed by atoms with Crippen LogP contribution in [0.1, 0.15) is 0 Å². The van der Waals surface area contributed by atoms with Crippen LogP contribution in [0.4, 0.5) is 0 Å². The summed E-state index contributed by atoms with van der Waals surface area (Å²) in [6, 6.07) is 7.08. The van der Waals surface area contributed by atoms with E-state index in [9.17, 15) is 9.59 Å². The van der Waals surface area contributed by atoms with Gasteiger partial charge in [0, 0.05) is 0 Å². The number of benzene rings is 1. The Kier molecular flexibility index (Phi) is 4.93. The van der Waals surface area contributed by atoms with E-state index in [0.29, 0.717) is 15.8 Å². The average Bonchev–Trinajstić information content (AvgIpc) is 3.11. The minimum atomic E-state index is -0.819. The van der Waals surface area contributed by atoms with Gasteiger partial charge in [0.1, 0.15) is 12.1 Å². The predicted octanol–water partition coefficient (Wildman–Crippen LogP) is 0.618. The van der Waals surface area contributed by atoms with Crippen LogP contribution in [0.15, 0.2) is 34.1 Å². The molecule has 2 N–H and O–H groups in total. The number of nitrogens with one attached hydrogen (secondary N) is 2. The average molecular weight is 352 g/mol. The molecule has 0 saturated carbocycles. The Balaban J connectivity index is 1.44. The molecule has 0 fully saturated rings. The molecular weight excluding hydrogens is 340 g/mol. The van der Waals surface area contributed by atoms with Crippen molar-refractivity contribution in [2.75, 3.05) is 12.4 Å². The number of ether oxygens (including phenoxy) is 2. The number of rotatable bonds is 4. The molecule has 1 unspecified atom stereocenters. The van der Waals surface area contributed by atoms with Crippen LogP contribution in [0.3, 0.4) is 0 Å². The first kappa shape index (κ1) is 15.6. The molecule has 1 atom stereocenters. The highest BCUT2D eigenvalue weighted by molar-refractivity contribution is 8.01. The van der Waals surface area contributed by atoms with Crippen molar-refractivity contribution in [3.8, 4) is 11.5 Å². The summed E-state index contributed by atoms with van der Waals surface area (Å²) in [5.41, 5.74) is 6.23. The van der Waals surface area contributed by atoms with Crippen LogP contribution in [0.5, 0.6) is 11.5 Å². The number of thioether (sulfide) groups is 1. The normalized spacial score (nSPS) is 15.7. The van der Waals surface area contributed by atoms with Gasteiger partial charge >= 0.3 is 0 Å². The Morgan fingerprint density at radius 1 is 1.30 bits per heavy atom. The first-order chi connectivity index (χ1) is 11.2. The molecule has 0 saturated heterocycles. The second-order valence-electron chi connectivity index (χ2n) is 4.39. The van der Waals surface area contributed by atoms with E-state index in [1.165, 1.54) is 23.1 Å². The Morgan fingerprint density at radius 2 is 2.13 bits per heavy atom. The Hall–Kier alpha value is -2.33. The number of aromatic nitrogens is 2. The van der Waals surface area contributed by atoms with Crippen molar-refractivity contribution in [2.24, 2.45) is 0 Å². The summed E-state index contributed by atoms with van der Waals surface area (Å²) in [7, 11) is 0. The second kappa shape index (κ2) is 7.29. The molecule has 2 amide bonds. The number of hydrazine groups is 1. The lowest BCUT2D eigenvalue weighted by Gasteiger charge is -2.25. The molecule has 3 rings (SSSR count). The molecule has 120 valence electrons. The SMILES string of the molecule is O=C(CSc1nncs1)NNC(=O)C1COc2ccccc2O1. The first-order valence-corrected chi connectivity index (χ1v) is 8.45. The van der Waals surface area contributed by atoms with E-state index in [1.54, 1.807) is 23.7 Å². The van der Waals surface area contributed by atoms with Gasteiger partial charge in [-0.05, 0) is 12.1 Å². The van der Waals surface area contributed by atoms with E-state index in [4.69, 9.17) is 9.47 Å². The van der Waals surface area contributed by atoms with Gasteiger partial charge in [0.2, 0.25) is 12.0 Å². The van der Waals surface area contributed by atoms with Gasteiger partial charge in [0.15, 0.2) is 15.8 Å². The Morgan fingerprint density at radius 3 is 2.91 bits per heavy atom. The summed E-state index contributed by atoms with van der Waals surface area (Å²) in [4.78, 5) is 23.6. The van der Waals surface area contributed by atoms with Crippen molar-refractivity contribution in [3.05, 3.63) is 29.8 Å². The fourth-order valence-electron chi connectivity index (χ4n) is 1.75. The number of fused-ring (bicyclic) bond motifs is 1. The highest BCUT2D eigenvalue weighted by atomic mass is 32.2. The smallest absolute Gasteiger partial charge is 0.283 e. The molecule has 2 aromatic rings. The summed E-state index contributed by atoms with van der Waals surface area (Å²) in [5, 5.41) is 7.48. The number of carbonyl (C=O) groups excluding carboxylic acids is 2. The van der Waals surface area contributed by atoms with Gasteiger partial charge < -0.3 is 9.47 Å². The van der Waals surface area contributed by atoms with Crippen LogP contribution in [0.2, 0.25) is 0 Å². The molecule has 8 nitrogen and oxygen atoms in total. The van der Waals surface area contributed by atoms with Gasteiger partial charge in [-0.1, -0.05) is 35.2 Å². The number of nitrogens with zero attached hydrogens (tertiary/aromatic N) is 2. The maximum atomic E-state index is 12.0. The van der Waals surface area contributed by atoms with Crippen molar-refractivity contribution >= 4 is 34.9 Å². The van der Waals surface area contributed by atoms with Crippen molar-refractivity contribution < 1.29 is 19.1 Å². The maximum absolute atomic E-state index is 12.0. The lowest BCUT2D eigenvalue weighted by molar-refractivity contribution is -0.134. The second-order valence-corrected chi connectivity index (χ2v) is 6.45. The number of amides is 2. The molecule has 0 radical (unpaired) electrons. The van der Waals surface area contributed by atoms with Crippen LogP contribution in [-0.4, -0.2) is 40.5 Å². The Bertz CT molecular complexity index is 695. The molecule has 0 aliphatic carbocycles. The van der Waals surface area contributed by atoms with Crippen LogP contribution < -0.4 is 20.3 Å². The zero-order valence-corrected chi connectivity index (χ0v) is 13.4. The van der Waals surface area contributed by atoms with Gasteiger partial charge in [-0.2, -0.15) is 0 Å². The lowest BCUT2D eigenvalue weighted by Crippen LogP contribution is -2.51. The van der Waals surface area contributed by atoms with Crippen molar-refractivity contribution in [1.82, 2.24) is 21.0 Å². The summed E-state index contributed by atoms with van der Waals surface area (Å²) < 4.78 is 11.7. The van der Waals surface area contributed by atoms with Gasteiger partial charge in [-0.15, -0.1) is 10.2 Å². The molecule has 1 aliphatic heterocycles. The molecule has 1 aromatic carbocycles. The van der Waals surface area contributed by atoms with Crippen molar-refractivity contribution in [1.29, 1.82) is 0 Å². The summed E-state index contributed by atoms with van der Waals surface area (Å²) >= 11 is 2.58. The largest absolute Gasteiger partial charge is 0.485 e. The van der Waals surface area contributed by atoms with E-state index in [-0.39, 0.29) is 18.3 Å². The van der Waals surface area contributed by atoms with Crippen LogP contribution >= 0.6 is 23.1 Å². The highest BCUT2D eigenvalue weighted by Gasteiger charge is 2.27. The number of hydrogen-bond donors (Lipinski definition) is 2. The third-order valence-electron chi connectivity index (χ3n) is 2.79. The van der Waals surface area contributed by atoms with Crippen molar-refractivity contribution in [3.63, 3.8) is 0 Å². The van der Waals surface area contributed by atoms with Gasteiger partial charge in [0.05, 0.1) is 5.75 Å². The molecular formula is C13H12N4O4S2. The van der Waals surface area contributed by atoms with E-state index in [2.05, 4.69) is 21.0 Å². The van der Waals surface area contributed by atoms with Crippen LogP contribution in [0.25, 0.3) is 0 Å². The first-order valence-electron chi connectivity index (χ1n) is 6.58. The molecule has 10 heteroatoms. The van der Waals surface area contributed by atoms with Gasteiger partial charge in [0.25, 0.3) is 5.91 Å². The standard InChI is InChI=1S/C13H12N4O4S2/c18-11(6-22-13-17-14-7-23-13)15-16-12(19)10-5-20-8-3-1-2-4-9(8)21-10/h1-4,7,10H,5-6H2,(H,15,18)(H,16,19). The number of carbonyl (C=O) groups is 2. The highest BCUT2D eigenvalue weighted by Crippen LogP contribution is 2.30. The Labute approximate surface area is 139 Å². The summed E-state index contributed by atoms with van der Waals surface area (Å²) in [5.74, 6) is 0.385. The number of para-hydroxylation sites is 2. The van der Waals surface area contributed by atoms with E-state index >= 15 is 0 Å². The summed E-state index contributed by atoms with van der Waals surface area (Å²) in [6.45, 7) is 0.0816. The summed E-state index contributed by atoms with van der Waals surface area (Å²) in [6.07, 6.45) is -0.819. The van der Waals surface area contributed by atoms with E-state index in [0.717, 1.165) is 0 Å². The van der Waals surface area contributed by atoms with Gasteiger partial charge in [-0.25, -0.2) is 0 Å². The zero-order valence-electron chi connectivity index (χ0n) is 11.7. The van der Waals surface area contributed by atoms with Crippen LogP contribution in [0, 0.1) is 0 Å². The molecule has 2 heterocycles. The van der Waals surface area contributed by atoms with Crippen LogP contribution in [-0.2, 0) is 9.59 Å². The van der Waals surface area contributed by atoms with E-state index < -0.39 is 12.0 Å². The predicted molar refractivity (Wildman–Crippen MR) is 83.3 cm³/mol. The minimum Gasteiger partial charge on any atom is -0.485 e. The van der Waals surface area contributed by atoms with E-state index in [1.807, 2.05) is 6.07 Å². The fraction of sp³-hybridized carbons (Fsp3) is 0.231. The molecule has 0 spiro atoms. The van der Waals surface area contributed by atoms with Crippen molar-refractivity contribution in [2.45, 2.75) is 10.4 Å². The molecule has 0 bridgehead atoms. The minimum absolute atomic E-state index is 0.0816. The maximum Gasteiger partial charge on any atom is 0.283 e.